The Morgan fingerprint density at radius 3 is 2.84 bits per heavy atom. The van der Waals surface area contributed by atoms with Crippen molar-refractivity contribution < 1.29 is 4.92 Å². The number of hydrogen-bond acceptors (Lipinski definition) is 5. The van der Waals surface area contributed by atoms with E-state index in [0.29, 0.717) is 16.3 Å². The summed E-state index contributed by atoms with van der Waals surface area (Å²) >= 11 is 5.26. The maximum Gasteiger partial charge on any atom is 0.276 e. The Morgan fingerprint density at radius 1 is 1.32 bits per heavy atom. The molecule has 1 aliphatic carbocycles. The van der Waals surface area contributed by atoms with Crippen LogP contribution in [0, 0.1) is 14.9 Å². The monoisotopic (exact) mass is 357 g/mol. The van der Waals surface area contributed by atoms with Crippen molar-refractivity contribution in [3.63, 3.8) is 0 Å². The number of rotatable bonds is 5. The first-order valence-electron chi connectivity index (χ1n) is 8.28. The van der Waals surface area contributed by atoms with Crippen LogP contribution in [0.4, 0.5) is 5.69 Å². The summed E-state index contributed by atoms with van der Waals surface area (Å²) in [4.78, 5) is 10.6. The zero-order chi connectivity index (χ0) is 17.6. The number of benzene rings is 1. The lowest BCUT2D eigenvalue weighted by Gasteiger charge is -2.19. The first kappa shape index (κ1) is 17.2. The van der Waals surface area contributed by atoms with Gasteiger partial charge in [-0.25, -0.2) is 0 Å². The van der Waals surface area contributed by atoms with Crippen molar-refractivity contribution in [1.29, 1.82) is 0 Å². The summed E-state index contributed by atoms with van der Waals surface area (Å²) < 4.78 is 2.10. The summed E-state index contributed by atoms with van der Waals surface area (Å²) in [6.45, 7) is 0. The molecule has 0 saturated heterocycles. The molecule has 1 aliphatic rings. The highest BCUT2D eigenvalue weighted by Gasteiger charge is 2.21. The van der Waals surface area contributed by atoms with Crippen LogP contribution in [0.2, 0.25) is 0 Å². The molecule has 0 amide bonds. The van der Waals surface area contributed by atoms with Gasteiger partial charge in [0, 0.05) is 18.2 Å². The van der Waals surface area contributed by atoms with Gasteiger partial charge in [0.1, 0.15) is 0 Å². The third kappa shape index (κ3) is 4.08. The van der Waals surface area contributed by atoms with E-state index < -0.39 is 4.92 Å². The van der Waals surface area contributed by atoms with Gasteiger partial charge in [-0.2, -0.15) is 14.9 Å². The molecule has 1 aromatic heterocycles. The van der Waals surface area contributed by atoms with Gasteiger partial charge < -0.3 is 0 Å². The molecular weight excluding hydrogens is 338 g/mol. The fraction of sp³-hybridized carbons (Fsp3) is 0.353. The van der Waals surface area contributed by atoms with Crippen LogP contribution < -0.4 is 0 Å². The molecule has 2 aromatic rings. The molecule has 8 heteroatoms. The Kier molecular flexibility index (Phi) is 5.49. The van der Waals surface area contributed by atoms with Crippen LogP contribution in [-0.2, 0) is 0 Å². The minimum Gasteiger partial charge on any atom is -0.258 e. The minimum absolute atomic E-state index is 0.0648. The van der Waals surface area contributed by atoms with E-state index in [9.17, 15) is 10.1 Å². The fourth-order valence-electron chi connectivity index (χ4n) is 3.09. The highest BCUT2D eigenvalue weighted by molar-refractivity contribution is 7.71. The number of aromatic nitrogens is 3. The quantitative estimate of drug-likeness (QED) is 0.371. The van der Waals surface area contributed by atoms with Crippen molar-refractivity contribution in [3.8, 4) is 0 Å². The molecule has 25 heavy (non-hydrogen) atoms. The Hall–Kier alpha value is -2.61. The van der Waals surface area contributed by atoms with Crippen molar-refractivity contribution in [2.24, 2.45) is 5.10 Å². The van der Waals surface area contributed by atoms with Crippen molar-refractivity contribution in [3.05, 3.63) is 56.6 Å². The van der Waals surface area contributed by atoms with Crippen LogP contribution in [0.25, 0.3) is 6.08 Å². The lowest BCUT2D eigenvalue weighted by molar-refractivity contribution is -0.385. The number of para-hydroxylation sites is 1. The summed E-state index contributed by atoms with van der Waals surface area (Å²) in [6, 6.07) is 6.57. The van der Waals surface area contributed by atoms with Crippen LogP contribution in [-0.4, -0.2) is 26.0 Å². The van der Waals surface area contributed by atoms with Gasteiger partial charge in [-0.1, -0.05) is 31.4 Å². The van der Waals surface area contributed by atoms with E-state index in [2.05, 4.69) is 15.3 Å². The first-order valence-corrected chi connectivity index (χ1v) is 8.69. The molecule has 1 saturated carbocycles. The molecule has 7 nitrogen and oxygen atoms in total. The number of allylic oxidation sites excluding steroid dienone is 1. The molecule has 1 aromatic carbocycles. The van der Waals surface area contributed by atoms with Gasteiger partial charge in [0.2, 0.25) is 4.77 Å². The Labute approximate surface area is 150 Å². The third-order valence-corrected chi connectivity index (χ3v) is 4.59. The normalized spacial score (nSPS) is 16.0. The summed E-state index contributed by atoms with van der Waals surface area (Å²) in [5, 5.41) is 22.5. The molecule has 1 N–H and O–H groups in total. The van der Waals surface area contributed by atoms with Gasteiger partial charge >= 0.3 is 0 Å². The van der Waals surface area contributed by atoms with E-state index in [1.165, 1.54) is 25.3 Å². The minimum atomic E-state index is -0.399. The molecule has 1 fully saturated rings. The second-order valence-electron chi connectivity index (χ2n) is 5.97. The van der Waals surface area contributed by atoms with Gasteiger partial charge in [-0.15, -0.1) is 0 Å². The molecule has 3 rings (SSSR count). The maximum atomic E-state index is 11.0. The molecule has 130 valence electrons. The highest BCUT2D eigenvalue weighted by atomic mass is 32.1. The van der Waals surface area contributed by atoms with Gasteiger partial charge in [0.15, 0.2) is 5.82 Å². The van der Waals surface area contributed by atoms with E-state index in [1.807, 2.05) is 0 Å². The van der Waals surface area contributed by atoms with Crippen LogP contribution >= 0.6 is 12.2 Å². The standard InChI is InChI=1S/C17H19N5O2S/c23-22(24)15-11-5-4-7-13(15)10-6-12-18-21-16(19-20-17(21)25)14-8-2-1-3-9-14/h4-7,10-12,14H,1-3,8-9H2,(H,20,25). The van der Waals surface area contributed by atoms with Crippen LogP contribution in [0.1, 0.15) is 49.4 Å². The number of aromatic amines is 1. The van der Waals surface area contributed by atoms with E-state index in [1.54, 1.807) is 41.2 Å². The number of nitrogens with one attached hydrogen (secondary N) is 1. The number of H-pyrrole nitrogens is 1. The van der Waals surface area contributed by atoms with Crippen molar-refractivity contribution in [1.82, 2.24) is 14.9 Å². The SMILES string of the molecule is O=[N+]([O-])c1ccccc1C=CC=Nn1c(C2CCCCC2)n[nH]c1=S. The molecular formula is C17H19N5O2S. The molecule has 0 unspecified atom stereocenters. The lowest BCUT2D eigenvalue weighted by Crippen LogP contribution is -2.10. The molecule has 0 bridgehead atoms. The van der Waals surface area contributed by atoms with Crippen LogP contribution in [0.5, 0.6) is 0 Å². The average Bonchev–Trinajstić information content (AvgIpc) is 3.00. The lowest BCUT2D eigenvalue weighted by atomic mass is 9.89. The van der Waals surface area contributed by atoms with E-state index in [4.69, 9.17) is 12.2 Å². The predicted molar refractivity (Wildman–Crippen MR) is 99.3 cm³/mol. The second-order valence-corrected chi connectivity index (χ2v) is 6.36. The second kappa shape index (κ2) is 7.98. The summed E-state index contributed by atoms with van der Waals surface area (Å²) in [5.74, 6) is 1.23. The van der Waals surface area contributed by atoms with Gasteiger partial charge in [-0.05, 0) is 43.3 Å². The summed E-state index contributed by atoms with van der Waals surface area (Å²) in [7, 11) is 0. The zero-order valence-corrected chi connectivity index (χ0v) is 14.5. The molecule has 0 aliphatic heterocycles. The Balaban J connectivity index is 1.78. The Morgan fingerprint density at radius 2 is 2.08 bits per heavy atom. The Bertz CT molecular complexity index is 862. The van der Waals surface area contributed by atoms with Gasteiger partial charge in [-0.3, -0.25) is 15.2 Å². The average molecular weight is 357 g/mol. The zero-order valence-electron chi connectivity index (χ0n) is 13.7. The molecule has 0 radical (unpaired) electrons. The largest absolute Gasteiger partial charge is 0.276 e. The van der Waals surface area contributed by atoms with Gasteiger partial charge in [0.05, 0.1) is 10.5 Å². The van der Waals surface area contributed by atoms with Crippen molar-refractivity contribution in [2.45, 2.75) is 38.0 Å². The number of nitro groups is 1. The number of nitro benzene ring substituents is 1. The van der Waals surface area contributed by atoms with Crippen molar-refractivity contribution >= 4 is 30.2 Å². The summed E-state index contributed by atoms with van der Waals surface area (Å²) in [6.07, 6.45) is 10.8. The fourth-order valence-corrected chi connectivity index (χ4v) is 3.27. The third-order valence-electron chi connectivity index (χ3n) is 4.32. The first-order chi connectivity index (χ1) is 12.2. The predicted octanol–water partition coefficient (Wildman–Crippen LogP) is 4.44. The molecule has 1 heterocycles. The van der Waals surface area contributed by atoms with E-state index in [0.717, 1.165) is 18.7 Å². The van der Waals surface area contributed by atoms with Crippen molar-refractivity contribution in [2.75, 3.05) is 0 Å². The summed E-state index contributed by atoms with van der Waals surface area (Å²) in [5.41, 5.74) is 0.595. The van der Waals surface area contributed by atoms with E-state index in [-0.39, 0.29) is 5.69 Å². The topological polar surface area (TPSA) is 89.1 Å². The molecule has 0 spiro atoms. The van der Waals surface area contributed by atoms with Crippen LogP contribution in [0.3, 0.4) is 0 Å². The number of nitrogens with zero attached hydrogens (tertiary/aromatic N) is 4. The van der Waals surface area contributed by atoms with Gasteiger partial charge in [0.25, 0.3) is 5.69 Å². The molecule has 0 atom stereocenters. The smallest absolute Gasteiger partial charge is 0.258 e. The number of hydrogen-bond donors (Lipinski definition) is 1. The highest BCUT2D eigenvalue weighted by Crippen LogP contribution is 2.31. The maximum absolute atomic E-state index is 11.0. The van der Waals surface area contributed by atoms with Crippen LogP contribution in [0.15, 0.2) is 35.4 Å². The van der Waals surface area contributed by atoms with E-state index >= 15 is 0 Å².